The van der Waals surface area contributed by atoms with Crippen LogP contribution in [0, 0.1) is 5.92 Å². The molecule has 1 aromatic rings. The Morgan fingerprint density at radius 3 is 3.14 bits per heavy atom. The van der Waals surface area contributed by atoms with Gasteiger partial charge in [-0.2, -0.15) is 0 Å². The smallest absolute Gasteiger partial charge is 0.267 e. The lowest BCUT2D eigenvalue weighted by Gasteiger charge is -2.10. The highest BCUT2D eigenvalue weighted by Gasteiger charge is 2.05. The highest BCUT2D eigenvalue weighted by Crippen LogP contribution is 2.13. The van der Waals surface area contributed by atoms with E-state index in [1.807, 2.05) is 6.92 Å². The summed E-state index contributed by atoms with van der Waals surface area (Å²) in [5, 5.41) is 3.05. The minimum absolute atomic E-state index is 0.192. The van der Waals surface area contributed by atoms with Gasteiger partial charge in [0.05, 0.1) is 6.33 Å². The highest BCUT2D eigenvalue weighted by molar-refractivity contribution is 9.10. The van der Waals surface area contributed by atoms with E-state index in [0.717, 1.165) is 0 Å². The van der Waals surface area contributed by atoms with Crippen LogP contribution in [-0.4, -0.2) is 23.1 Å². The summed E-state index contributed by atoms with van der Waals surface area (Å²) in [5.74, 6) is 0.900. The Labute approximate surface area is 90.2 Å². The first-order valence-electron chi connectivity index (χ1n) is 4.32. The van der Waals surface area contributed by atoms with Gasteiger partial charge < -0.3 is 16.0 Å². The summed E-state index contributed by atoms with van der Waals surface area (Å²) in [4.78, 5) is 17.6. The molecule has 14 heavy (non-hydrogen) atoms. The van der Waals surface area contributed by atoms with Crippen molar-refractivity contribution in [1.82, 2.24) is 9.97 Å². The van der Waals surface area contributed by atoms with E-state index in [9.17, 15) is 4.79 Å². The standard InChI is InChI=1S/C8H13BrN4O/c1-5(2-10)3-11-7-6(9)8(14)13-4-12-7/h4-5H,2-3,10H2,1H3,(H2,11,12,13,14). The molecule has 0 aliphatic heterocycles. The van der Waals surface area contributed by atoms with Crippen molar-refractivity contribution in [3.63, 3.8) is 0 Å². The summed E-state index contributed by atoms with van der Waals surface area (Å²) in [6.07, 6.45) is 1.36. The predicted octanol–water partition coefficient (Wildman–Crippen LogP) is 0.539. The molecule has 5 nitrogen and oxygen atoms in total. The molecular weight excluding hydrogens is 248 g/mol. The summed E-state index contributed by atoms with van der Waals surface area (Å²) < 4.78 is 0.421. The molecule has 1 atom stereocenters. The van der Waals surface area contributed by atoms with Crippen LogP contribution in [0.5, 0.6) is 0 Å². The van der Waals surface area contributed by atoms with Crippen molar-refractivity contribution in [1.29, 1.82) is 0 Å². The Balaban J connectivity index is 2.68. The number of nitrogens with one attached hydrogen (secondary N) is 2. The van der Waals surface area contributed by atoms with Crippen molar-refractivity contribution in [2.24, 2.45) is 11.7 Å². The fraction of sp³-hybridized carbons (Fsp3) is 0.500. The van der Waals surface area contributed by atoms with Crippen LogP contribution in [0.4, 0.5) is 5.82 Å². The predicted molar refractivity (Wildman–Crippen MR) is 59.3 cm³/mol. The van der Waals surface area contributed by atoms with Crippen LogP contribution in [0.2, 0.25) is 0 Å². The largest absolute Gasteiger partial charge is 0.369 e. The number of halogens is 1. The van der Waals surface area contributed by atoms with Crippen molar-refractivity contribution >= 4 is 21.7 Å². The molecule has 0 saturated heterocycles. The lowest BCUT2D eigenvalue weighted by atomic mass is 10.2. The molecule has 78 valence electrons. The van der Waals surface area contributed by atoms with Gasteiger partial charge in [-0.3, -0.25) is 4.79 Å². The first kappa shape index (κ1) is 11.2. The maximum atomic E-state index is 11.1. The monoisotopic (exact) mass is 260 g/mol. The quantitative estimate of drug-likeness (QED) is 0.738. The molecule has 0 aliphatic rings. The topological polar surface area (TPSA) is 83.8 Å². The van der Waals surface area contributed by atoms with Gasteiger partial charge in [-0.15, -0.1) is 0 Å². The number of rotatable bonds is 4. The number of nitrogens with zero attached hydrogens (tertiary/aromatic N) is 1. The molecular formula is C8H13BrN4O. The third-order valence-electron chi connectivity index (χ3n) is 1.82. The second-order valence-electron chi connectivity index (χ2n) is 3.12. The lowest BCUT2D eigenvalue weighted by Crippen LogP contribution is -2.21. The van der Waals surface area contributed by atoms with Gasteiger partial charge in [0, 0.05) is 6.54 Å². The van der Waals surface area contributed by atoms with Crippen molar-refractivity contribution in [2.75, 3.05) is 18.4 Å². The minimum Gasteiger partial charge on any atom is -0.369 e. The Hall–Kier alpha value is -0.880. The molecule has 0 spiro atoms. The second kappa shape index (κ2) is 5.11. The fourth-order valence-corrected chi connectivity index (χ4v) is 1.22. The van der Waals surface area contributed by atoms with E-state index in [4.69, 9.17) is 5.73 Å². The number of anilines is 1. The SMILES string of the molecule is CC(CN)CNc1nc[nH]c(=O)c1Br. The number of hydrogen-bond acceptors (Lipinski definition) is 4. The van der Waals surface area contributed by atoms with Gasteiger partial charge in [-0.1, -0.05) is 6.92 Å². The first-order chi connectivity index (χ1) is 6.65. The fourth-order valence-electron chi connectivity index (χ4n) is 0.861. The van der Waals surface area contributed by atoms with E-state index in [0.29, 0.717) is 29.3 Å². The van der Waals surface area contributed by atoms with Crippen molar-refractivity contribution < 1.29 is 0 Å². The van der Waals surface area contributed by atoms with E-state index in [-0.39, 0.29) is 5.56 Å². The molecule has 0 fully saturated rings. The molecule has 0 amide bonds. The molecule has 0 radical (unpaired) electrons. The third kappa shape index (κ3) is 2.81. The van der Waals surface area contributed by atoms with Crippen LogP contribution in [0.3, 0.4) is 0 Å². The van der Waals surface area contributed by atoms with Crippen LogP contribution in [0.15, 0.2) is 15.6 Å². The van der Waals surface area contributed by atoms with Crippen LogP contribution in [0.1, 0.15) is 6.92 Å². The molecule has 0 aromatic carbocycles. The molecule has 1 unspecified atom stereocenters. The Bertz CT molecular complexity index is 351. The first-order valence-corrected chi connectivity index (χ1v) is 5.11. The van der Waals surface area contributed by atoms with E-state index in [2.05, 4.69) is 31.2 Å². The third-order valence-corrected chi connectivity index (χ3v) is 2.55. The summed E-state index contributed by atoms with van der Waals surface area (Å²) in [6, 6.07) is 0. The molecule has 1 aromatic heterocycles. The molecule has 0 bridgehead atoms. The molecule has 1 heterocycles. The van der Waals surface area contributed by atoms with Crippen LogP contribution < -0.4 is 16.6 Å². The maximum Gasteiger partial charge on any atom is 0.267 e. The second-order valence-corrected chi connectivity index (χ2v) is 3.91. The molecule has 4 N–H and O–H groups in total. The van der Waals surface area contributed by atoms with Crippen LogP contribution in [-0.2, 0) is 0 Å². The minimum atomic E-state index is -0.192. The Morgan fingerprint density at radius 1 is 1.79 bits per heavy atom. The van der Waals surface area contributed by atoms with Gasteiger partial charge in [0.15, 0.2) is 0 Å². The van der Waals surface area contributed by atoms with Gasteiger partial charge >= 0.3 is 0 Å². The van der Waals surface area contributed by atoms with E-state index in [1.165, 1.54) is 6.33 Å². The Kier molecular flexibility index (Phi) is 4.09. The molecule has 6 heteroatoms. The van der Waals surface area contributed by atoms with Gasteiger partial charge in [0.2, 0.25) is 0 Å². The van der Waals surface area contributed by atoms with Crippen molar-refractivity contribution in [3.8, 4) is 0 Å². The summed E-state index contributed by atoms with van der Waals surface area (Å²) in [7, 11) is 0. The lowest BCUT2D eigenvalue weighted by molar-refractivity contribution is 0.626. The zero-order valence-corrected chi connectivity index (χ0v) is 9.47. The van der Waals surface area contributed by atoms with Gasteiger partial charge in [-0.05, 0) is 28.4 Å². The highest BCUT2D eigenvalue weighted by atomic mass is 79.9. The van der Waals surface area contributed by atoms with Gasteiger partial charge in [-0.25, -0.2) is 4.98 Å². The number of H-pyrrole nitrogens is 1. The summed E-state index contributed by atoms with van der Waals surface area (Å²) >= 11 is 3.15. The maximum absolute atomic E-state index is 11.1. The van der Waals surface area contributed by atoms with Crippen molar-refractivity contribution in [2.45, 2.75) is 6.92 Å². The van der Waals surface area contributed by atoms with Crippen molar-refractivity contribution in [3.05, 3.63) is 21.2 Å². The van der Waals surface area contributed by atoms with Gasteiger partial charge in [0.25, 0.3) is 5.56 Å². The zero-order valence-electron chi connectivity index (χ0n) is 7.88. The van der Waals surface area contributed by atoms with Crippen LogP contribution in [0.25, 0.3) is 0 Å². The van der Waals surface area contributed by atoms with E-state index in [1.54, 1.807) is 0 Å². The number of aromatic amines is 1. The number of aromatic nitrogens is 2. The van der Waals surface area contributed by atoms with E-state index >= 15 is 0 Å². The molecule has 1 rings (SSSR count). The summed E-state index contributed by atoms with van der Waals surface area (Å²) in [6.45, 7) is 3.33. The number of nitrogens with two attached hydrogens (primary N) is 1. The van der Waals surface area contributed by atoms with Gasteiger partial charge in [0.1, 0.15) is 10.3 Å². The average molecular weight is 261 g/mol. The summed E-state index contributed by atoms with van der Waals surface area (Å²) in [5.41, 5.74) is 5.27. The molecule has 0 aliphatic carbocycles. The molecule has 0 saturated carbocycles. The average Bonchev–Trinajstić information content (AvgIpc) is 2.20. The van der Waals surface area contributed by atoms with Crippen LogP contribution >= 0.6 is 15.9 Å². The zero-order chi connectivity index (χ0) is 10.6. The Morgan fingerprint density at radius 2 is 2.50 bits per heavy atom. The van der Waals surface area contributed by atoms with E-state index < -0.39 is 0 Å². The number of hydrogen-bond donors (Lipinski definition) is 3. The normalized spacial score (nSPS) is 12.5.